The zero-order chi connectivity index (χ0) is 26.3. The van der Waals surface area contributed by atoms with Crippen LogP contribution in [0.15, 0.2) is 24.3 Å². The summed E-state index contributed by atoms with van der Waals surface area (Å²) in [5.41, 5.74) is 0.822. The lowest BCUT2D eigenvalue weighted by Crippen LogP contribution is -2.59. The van der Waals surface area contributed by atoms with E-state index in [1.165, 1.54) is 39.2 Å². The Morgan fingerprint density at radius 3 is 2.73 bits per heavy atom. The summed E-state index contributed by atoms with van der Waals surface area (Å²) in [6.07, 6.45) is 8.33. The van der Waals surface area contributed by atoms with Gasteiger partial charge in [-0.15, -0.1) is 0 Å². The molecule has 1 aliphatic carbocycles. The van der Waals surface area contributed by atoms with E-state index in [4.69, 9.17) is 16.3 Å². The molecule has 2 amide bonds. The second-order valence-electron chi connectivity index (χ2n) is 11.0. The Labute approximate surface area is 225 Å². The molecule has 2 heterocycles. The number of nitrogens with one attached hydrogen (secondary N) is 2. The molecule has 9 heteroatoms. The Morgan fingerprint density at radius 1 is 1.24 bits per heavy atom. The second-order valence-corrected chi connectivity index (χ2v) is 11.4. The molecule has 1 aromatic carbocycles. The molecule has 2 aliphatic heterocycles. The Kier molecular flexibility index (Phi) is 9.96. The normalized spacial score (nSPS) is 27.6. The molecule has 2 unspecified atom stereocenters. The Morgan fingerprint density at radius 2 is 2.05 bits per heavy atom. The van der Waals surface area contributed by atoms with E-state index in [1.807, 2.05) is 24.3 Å². The quantitative estimate of drug-likeness (QED) is 0.363. The summed E-state index contributed by atoms with van der Waals surface area (Å²) in [5.74, 6) is 0.617. The predicted molar refractivity (Wildman–Crippen MR) is 143 cm³/mol. The van der Waals surface area contributed by atoms with Crippen molar-refractivity contribution in [3.8, 4) is 0 Å². The van der Waals surface area contributed by atoms with Gasteiger partial charge >= 0.3 is 12.2 Å². The lowest BCUT2D eigenvalue weighted by atomic mass is 9.63. The maximum Gasteiger partial charge on any atom is 0.407 e. The van der Waals surface area contributed by atoms with Crippen LogP contribution in [0.25, 0.3) is 0 Å². The molecule has 1 aromatic rings. The van der Waals surface area contributed by atoms with Crippen LogP contribution in [0, 0.1) is 17.3 Å². The topological polar surface area (TPSA) is 100 Å². The van der Waals surface area contributed by atoms with Crippen molar-refractivity contribution in [3.05, 3.63) is 34.9 Å². The summed E-state index contributed by atoms with van der Waals surface area (Å²) in [6.45, 7) is 2.89. The van der Waals surface area contributed by atoms with Gasteiger partial charge in [-0.2, -0.15) is 0 Å². The van der Waals surface area contributed by atoms with E-state index >= 15 is 0 Å². The maximum atomic E-state index is 12.7. The molecule has 0 radical (unpaired) electrons. The maximum absolute atomic E-state index is 12.7. The number of alkyl carbamates (subject to hydrolysis) is 1. The first-order chi connectivity index (χ1) is 17.9. The summed E-state index contributed by atoms with van der Waals surface area (Å²) in [5, 5.41) is 17.3. The highest BCUT2D eigenvalue weighted by molar-refractivity contribution is 6.30. The van der Waals surface area contributed by atoms with Crippen LogP contribution in [-0.2, 0) is 9.47 Å². The van der Waals surface area contributed by atoms with Crippen LogP contribution in [0.4, 0.5) is 9.59 Å². The van der Waals surface area contributed by atoms with E-state index in [-0.39, 0.29) is 30.1 Å². The molecular formula is C28H42ClN3O5. The van der Waals surface area contributed by atoms with Gasteiger partial charge in [-0.05, 0) is 55.8 Å². The molecule has 37 heavy (non-hydrogen) atoms. The minimum atomic E-state index is -0.846. The van der Waals surface area contributed by atoms with Gasteiger partial charge < -0.3 is 30.1 Å². The van der Waals surface area contributed by atoms with E-state index in [1.54, 1.807) is 4.90 Å². The zero-order valence-corrected chi connectivity index (χ0v) is 22.7. The van der Waals surface area contributed by atoms with Crippen molar-refractivity contribution in [3.63, 3.8) is 0 Å². The number of carbonyl (C=O) groups is 2. The van der Waals surface area contributed by atoms with Gasteiger partial charge in [0.25, 0.3) is 0 Å². The monoisotopic (exact) mass is 535 g/mol. The molecule has 0 bridgehead atoms. The number of benzene rings is 1. The number of nitrogens with zero attached hydrogens (tertiary/aromatic N) is 1. The van der Waals surface area contributed by atoms with E-state index in [9.17, 15) is 14.7 Å². The first-order valence-corrected chi connectivity index (χ1v) is 14.2. The SMILES string of the molecule is COC(=O)NCCO[C@@H](c1cccc(Cl)c1)[C@@H]1CCCN(C(=O)O)C1C1(CC2CCCCC2)CCNC1. The number of piperidine rings is 1. The third kappa shape index (κ3) is 6.89. The van der Waals surface area contributed by atoms with Gasteiger partial charge in [0.1, 0.15) is 0 Å². The molecule has 2 saturated heterocycles. The smallest absolute Gasteiger partial charge is 0.407 e. The van der Waals surface area contributed by atoms with Gasteiger partial charge in [0.2, 0.25) is 0 Å². The largest absolute Gasteiger partial charge is 0.465 e. The molecule has 0 aromatic heterocycles. The Balaban J connectivity index is 1.67. The average molecular weight is 536 g/mol. The molecule has 206 valence electrons. The molecule has 4 rings (SSSR count). The number of methoxy groups -OCH3 is 1. The minimum absolute atomic E-state index is 0.0232. The third-order valence-corrected chi connectivity index (χ3v) is 8.90. The number of hydrogen-bond acceptors (Lipinski definition) is 5. The van der Waals surface area contributed by atoms with Crippen molar-refractivity contribution in [2.75, 3.05) is 39.9 Å². The van der Waals surface area contributed by atoms with Gasteiger partial charge in [-0.1, -0.05) is 55.8 Å². The van der Waals surface area contributed by atoms with Gasteiger partial charge in [0.05, 0.1) is 19.8 Å². The Bertz CT molecular complexity index is 904. The number of halogens is 1. The van der Waals surface area contributed by atoms with E-state index in [0.29, 0.717) is 24.0 Å². The lowest BCUT2D eigenvalue weighted by molar-refractivity contribution is -0.0775. The molecule has 8 nitrogen and oxygen atoms in total. The standard InChI is InChI=1S/C28H42ClN3O5/c1-36-26(33)31-14-16-37-24(21-9-5-10-22(29)17-21)23-11-6-15-32(27(34)35)25(23)28(12-13-30-19-28)18-20-7-3-2-4-8-20/h5,9-10,17,20,23-25,30H,2-4,6-8,11-16,18-19H2,1H3,(H,31,33)(H,34,35)/t23-,24-,25?,28?/m0/s1. The molecule has 4 atom stereocenters. The fourth-order valence-electron chi connectivity index (χ4n) is 7.18. The van der Waals surface area contributed by atoms with Gasteiger partial charge in [-0.25, -0.2) is 9.59 Å². The van der Waals surface area contributed by atoms with Crippen molar-refractivity contribution in [1.29, 1.82) is 0 Å². The minimum Gasteiger partial charge on any atom is -0.465 e. The zero-order valence-electron chi connectivity index (χ0n) is 21.9. The van der Waals surface area contributed by atoms with E-state index in [0.717, 1.165) is 44.3 Å². The highest BCUT2D eigenvalue weighted by Gasteiger charge is 2.53. The molecular weight excluding hydrogens is 494 g/mol. The predicted octanol–water partition coefficient (Wildman–Crippen LogP) is 5.46. The average Bonchev–Trinajstić information content (AvgIpc) is 3.37. The highest BCUT2D eigenvalue weighted by Crippen LogP contribution is 2.50. The van der Waals surface area contributed by atoms with Crippen LogP contribution in [0.2, 0.25) is 5.02 Å². The number of rotatable bonds is 9. The lowest BCUT2D eigenvalue weighted by Gasteiger charge is -2.52. The second kappa shape index (κ2) is 13.2. The van der Waals surface area contributed by atoms with Crippen molar-refractivity contribution < 1.29 is 24.2 Å². The van der Waals surface area contributed by atoms with Crippen LogP contribution in [-0.4, -0.2) is 68.1 Å². The van der Waals surface area contributed by atoms with Crippen molar-refractivity contribution in [2.45, 2.75) is 69.9 Å². The summed E-state index contributed by atoms with van der Waals surface area (Å²) in [6, 6.07) is 7.55. The van der Waals surface area contributed by atoms with Crippen LogP contribution in [0.5, 0.6) is 0 Å². The summed E-state index contributed by atoms with van der Waals surface area (Å²) in [7, 11) is 1.33. The van der Waals surface area contributed by atoms with E-state index in [2.05, 4.69) is 15.4 Å². The van der Waals surface area contributed by atoms with Crippen molar-refractivity contribution in [1.82, 2.24) is 15.5 Å². The first-order valence-electron chi connectivity index (χ1n) is 13.8. The third-order valence-electron chi connectivity index (χ3n) is 8.67. The first kappa shape index (κ1) is 28.0. The van der Waals surface area contributed by atoms with Gasteiger partial charge in [0.15, 0.2) is 0 Å². The summed E-state index contributed by atoms with van der Waals surface area (Å²) < 4.78 is 11.2. The van der Waals surface area contributed by atoms with Crippen LogP contribution >= 0.6 is 11.6 Å². The van der Waals surface area contributed by atoms with Crippen LogP contribution < -0.4 is 10.6 Å². The number of carboxylic acid groups (broad SMARTS) is 1. The summed E-state index contributed by atoms with van der Waals surface area (Å²) in [4.78, 5) is 25.9. The fourth-order valence-corrected chi connectivity index (χ4v) is 7.38. The fraction of sp³-hybridized carbons (Fsp3) is 0.714. The number of hydrogen-bond donors (Lipinski definition) is 3. The van der Waals surface area contributed by atoms with Gasteiger partial charge in [-0.3, -0.25) is 0 Å². The van der Waals surface area contributed by atoms with Crippen molar-refractivity contribution in [2.24, 2.45) is 17.3 Å². The van der Waals surface area contributed by atoms with Crippen LogP contribution in [0.3, 0.4) is 0 Å². The molecule has 1 saturated carbocycles. The molecule has 3 aliphatic rings. The highest BCUT2D eigenvalue weighted by atomic mass is 35.5. The number of likely N-dealkylation sites (tertiary alicyclic amines) is 1. The number of ether oxygens (including phenoxy) is 2. The van der Waals surface area contributed by atoms with E-state index < -0.39 is 12.2 Å². The summed E-state index contributed by atoms with van der Waals surface area (Å²) >= 11 is 6.40. The number of amides is 2. The van der Waals surface area contributed by atoms with Crippen LogP contribution in [0.1, 0.15) is 69.5 Å². The Hall–Kier alpha value is -2.03. The molecule has 0 spiro atoms. The molecule has 3 fully saturated rings. The number of carbonyl (C=O) groups excluding carboxylic acids is 1. The van der Waals surface area contributed by atoms with Gasteiger partial charge in [0, 0.05) is 42.0 Å². The molecule has 3 N–H and O–H groups in total. The van der Waals surface area contributed by atoms with Crippen molar-refractivity contribution >= 4 is 23.8 Å².